The molecular weight excluding hydrogens is 636 g/mol. The first kappa shape index (κ1) is 31.9. The molecule has 4 aliphatic heterocycles. The number of rotatable bonds is 7. The van der Waals surface area contributed by atoms with Gasteiger partial charge in [0.2, 0.25) is 11.8 Å². The first-order valence-electron chi connectivity index (χ1n) is 16.6. The fraction of sp³-hybridized carbons (Fsp3) is 0.571. The number of halogens is 1. The van der Waals surface area contributed by atoms with Gasteiger partial charge in [-0.15, -0.1) is 0 Å². The number of phenolic OH excluding ortho intramolecular Hbond substituents is 1. The number of carbonyl (C=O) groups excluding carboxylic acids is 3. The highest BCUT2D eigenvalue weighted by Crippen LogP contribution is 2.33. The summed E-state index contributed by atoms with van der Waals surface area (Å²) >= 11 is 3.40. The number of nitrogens with zero attached hydrogens (tertiary/aromatic N) is 3. The Hall–Kier alpha value is -3.11. The van der Waals surface area contributed by atoms with E-state index in [-0.39, 0.29) is 36.1 Å². The molecule has 45 heavy (non-hydrogen) atoms. The van der Waals surface area contributed by atoms with Crippen molar-refractivity contribution in [3.63, 3.8) is 0 Å². The zero-order valence-corrected chi connectivity index (χ0v) is 27.6. The van der Waals surface area contributed by atoms with E-state index in [0.717, 1.165) is 88.1 Å². The Kier molecular flexibility index (Phi) is 10.3. The van der Waals surface area contributed by atoms with Crippen LogP contribution in [0.4, 0.5) is 10.5 Å². The summed E-state index contributed by atoms with van der Waals surface area (Å²) in [5.41, 5.74) is 2.93. The van der Waals surface area contributed by atoms with Gasteiger partial charge >= 0.3 is 6.03 Å². The van der Waals surface area contributed by atoms with E-state index in [1.165, 1.54) is 0 Å². The number of nitrogens with one attached hydrogen (secondary N) is 1. The number of benzene rings is 2. The fourth-order valence-corrected chi connectivity index (χ4v) is 8.18. The zero-order chi connectivity index (χ0) is 31.3. The molecule has 4 heterocycles. The van der Waals surface area contributed by atoms with Gasteiger partial charge in [0.25, 0.3) is 0 Å². The summed E-state index contributed by atoms with van der Waals surface area (Å²) in [4.78, 5) is 46.6. The van der Waals surface area contributed by atoms with E-state index in [9.17, 15) is 19.5 Å². The van der Waals surface area contributed by atoms with Crippen LogP contribution in [-0.2, 0) is 27.2 Å². The number of hydrogen-bond donors (Lipinski definition) is 2. The number of piperidine rings is 2. The van der Waals surface area contributed by atoms with Crippen LogP contribution < -0.4 is 5.32 Å². The maximum Gasteiger partial charge on any atom is 0.322 e. The Morgan fingerprint density at radius 3 is 2.33 bits per heavy atom. The summed E-state index contributed by atoms with van der Waals surface area (Å²) in [6, 6.07) is 13.2. The number of carbonyl (C=O) groups is 3. The molecule has 1 atom stereocenters. The molecule has 0 aromatic heterocycles. The Morgan fingerprint density at radius 2 is 1.60 bits per heavy atom. The second-order valence-electron chi connectivity index (χ2n) is 13.1. The summed E-state index contributed by atoms with van der Waals surface area (Å²) in [5.74, 6) is 1.04. The summed E-state index contributed by atoms with van der Waals surface area (Å²) in [5, 5.41) is 13.1. The number of amides is 4. The highest BCUT2D eigenvalue weighted by molar-refractivity contribution is 9.10. The Bertz CT molecular complexity index is 1370. The van der Waals surface area contributed by atoms with Crippen LogP contribution in [0, 0.1) is 17.8 Å². The molecule has 0 bridgehead atoms. The number of fused-ring (bicyclic) bond motifs is 1. The zero-order valence-electron chi connectivity index (χ0n) is 26.0. The van der Waals surface area contributed by atoms with Crippen molar-refractivity contribution in [2.45, 2.75) is 63.8 Å². The molecule has 9 nitrogen and oxygen atoms in total. The predicted molar refractivity (Wildman–Crippen MR) is 176 cm³/mol. The second-order valence-corrected chi connectivity index (χ2v) is 14.0. The van der Waals surface area contributed by atoms with E-state index in [4.69, 9.17) is 4.74 Å². The van der Waals surface area contributed by atoms with E-state index >= 15 is 0 Å². The average Bonchev–Trinajstić information content (AvgIpc) is 3.24. The van der Waals surface area contributed by atoms with Crippen LogP contribution in [0.3, 0.4) is 0 Å². The molecule has 0 unspecified atom stereocenters. The van der Waals surface area contributed by atoms with Gasteiger partial charge in [0, 0.05) is 64.1 Å². The topological polar surface area (TPSA) is 102 Å². The summed E-state index contributed by atoms with van der Waals surface area (Å²) in [6.45, 7) is 4.95. The van der Waals surface area contributed by atoms with Gasteiger partial charge in [0.1, 0.15) is 5.75 Å². The molecule has 3 saturated heterocycles. The molecule has 0 radical (unpaired) electrons. The van der Waals surface area contributed by atoms with Crippen LogP contribution >= 0.6 is 15.9 Å². The van der Waals surface area contributed by atoms with Gasteiger partial charge in [-0.3, -0.25) is 9.59 Å². The number of anilines is 1. The molecule has 0 aliphatic carbocycles. The van der Waals surface area contributed by atoms with E-state index in [1.54, 1.807) is 6.07 Å². The van der Waals surface area contributed by atoms with Crippen molar-refractivity contribution in [1.29, 1.82) is 0 Å². The monoisotopic (exact) mass is 680 g/mol. The van der Waals surface area contributed by atoms with Gasteiger partial charge in [-0.25, -0.2) is 4.79 Å². The molecule has 242 valence electrons. The fourth-order valence-electron chi connectivity index (χ4n) is 7.75. The summed E-state index contributed by atoms with van der Waals surface area (Å²) in [7, 11) is 0. The predicted octanol–water partition coefficient (Wildman–Crippen LogP) is 5.45. The molecular formula is C35H45BrN4O5. The maximum atomic E-state index is 14.0. The van der Waals surface area contributed by atoms with Gasteiger partial charge < -0.3 is 29.9 Å². The third-order valence-corrected chi connectivity index (χ3v) is 11.1. The van der Waals surface area contributed by atoms with Gasteiger partial charge in [-0.1, -0.05) is 24.3 Å². The lowest BCUT2D eigenvalue weighted by atomic mass is 9.79. The SMILES string of the molecule is O=C(C[C@H](Cc1ccc(O)c(Br)c1)C(=O)N1CCC(C2CCOCC2)CC1)N1CCC(N2CCc3ccccc3NC2=O)CC1. The number of para-hydroxylation sites is 1. The number of ether oxygens (including phenoxy) is 1. The van der Waals surface area contributed by atoms with Crippen molar-refractivity contribution < 1.29 is 24.2 Å². The minimum absolute atomic E-state index is 0.00513. The quantitative estimate of drug-likeness (QED) is 0.405. The van der Waals surface area contributed by atoms with Crippen molar-refractivity contribution in [1.82, 2.24) is 14.7 Å². The smallest absolute Gasteiger partial charge is 0.322 e. The molecule has 0 saturated carbocycles. The van der Waals surface area contributed by atoms with E-state index < -0.39 is 5.92 Å². The minimum atomic E-state index is -0.471. The number of aromatic hydroxyl groups is 1. The Balaban J connectivity index is 1.07. The number of likely N-dealkylation sites (tertiary alicyclic amines) is 2. The van der Waals surface area contributed by atoms with E-state index in [2.05, 4.69) is 27.3 Å². The number of urea groups is 1. The van der Waals surface area contributed by atoms with E-state index in [1.807, 2.05) is 45.0 Å². The molecule has 4 amide bonds. The number of hydrogen-bond acceptors (Lipinski definition) is 5. The van der Waals surface area contributed by atoms with Crippen LogP contribution in [0.2, 0.25) is 0 Å². The van der Waals surface area contributed by atoms with Crippen molar-refractivity contribution in [2.75, 3.05) is 51.3 Å². The first-order chi connectivity index (χ1) is 21.9. The van der Waals surface area contributed by atoms with Crippen LogP contribution in [0.15, 0.2) is 46.9 Å². The third kappa shape index (κ3) is 7.65. The normalized spacial score (nSPS) is 21.2. The second kappa shape index (κ2) is 14.5. The van der Waals surface area contributed by atoms with Crippen molar-refractivity contribution >= 4 is 39.5 Å². The van der Waals surface area contributed by atoms with Crippen molar-refractivity contribution in [2.24, 2.45) is 17.8 Å². The van der Waals surface area contributed by atoms with Gasteiger partial charge in [-0.05, 0) is 108 Å². The van der Waals surface area contributed by atoms with Crippen molar-refractivity contribution in [3.8, 4) is 5.75 Å². The molecule has 10 heteroatoms. The van der Waals surface area contributed by atoms with Gasteiger partial charge in [0.15, 0.2) is 0 Å². The number of phenols is 1. The lowest BCUT2D eigenvalue weighted by molar-refractivity contribution is -0.143. The average molecular weight is 682 g/mol. The molecule has 2 aromatic rings. The van der Waals surface area contributed by atoms with E-state index in [0.29, 0.717) is 42.4 Å². The maximum absolute atomic E-state index is 14.0. The standard InChI is InChI=1S/C35H45BrN4O5/c36-30-22-24(5-6-32(30)41)21-28(34(43)39-14-7-25(8-15-39)26-12-19-45-20-13-26)23-33(42)38-16-10-29(11-17-38)40-18-9-27-3-1-2-4-31(27)37-35(40)44/h1-6,22,25-26,28-29,41H,7-21,23H2,(H,37,44)/t28-/m0/s1. The highest BCUT2D eigenvalue weighted by atomic mass is 79.9. The molecule has 3 fully saturated rings. The Morgan fingerprint density at radius 1 is 0.911 bits per heavy atom. The summed E-state index contributed by atoms with van der Waals surface area (Å²) in [6.07, 6.45) is 7.07. The lowest BCUT2D eigenvalue weighted by Crippen LogP contribution is -2.50. The lowest BCUT2D eigenvalue weighted by Gasteiger charge is -2.39. The van der Waals surface area contributed by atoms with Crippen LogP contribution in [-0.4, -0.2) is 89.6 Å². The molecule has 4 aliphatic rings. The van der Waals surface area contributed by atoms with Crippen LogP contribution in [0.5, 0.6) is 5.75 Å². The first-order valence-corrected chi connectivity index (χ1v) is 17.4. The largest absolute Gasteiger partial charge is 0.507 e. The molecule has 2 aromatic carbocycles. The highest BCUT2D eigenvalue weighted by Gasteiger charge is 2.36. The third-order valence-electron chi connectivity index (χ3n) is 10.4. The van der Waals surface area contributed by atoms with Gasteiger partial charge in [0.05, 0.1) is 10.4 Å². The summed E-state index contributed by atoms with van der Waals surface area (Å²) < 4.78 is 6.14. The van der Waals surface area contributed by atoms with Crippen LogP contribution in [0.1, 0.15) is 56.1 Å². The molecule has 2 N–H and O–H groups in total. The Labute approximate surface area is 274 Å². The van der Waals surface area contributed by atoms with Crippen molar-refractivity contribution in [3.05, 3.63) is 58.1 Å². The molecule has 6 rings (SSSR count). The van der Waals surface area contributed by atoms with Crippen LogP contribution in [0.25, 0.3) is 0 Å². The van der Waals surface area contributed by atoms with Gasteiger partial charge in [-0.2, -0.15) is 0 Å². The molecule has 0 spiro atoms. The minimum Gasteiger partial charge on any atom is -0.507 e.